The number of sulfonamides is 1. The summed E-state index contributed by atoms with van der Waals surface area (Å²) in [4.78, 5) is 3.89. The van der Waals surface area contributed by atoms with Crippen molar-refractivity contribution in [3.8, 4) is 0 Å². The van der Waals surface area contributed by atoms with Crippen LogP contribution in [0.15, 0.2) is 46.0 Å². The van der Waals surface area contributed by atoms with Crippen LogP contribution in [0.1, 0.15) is 5.56 Å². The van der Waals surface area contributed by atoms with Gasteiger partial charge < -0.3 is 5.73 Å². The summed E-state index contributed by atoms with van der Waals surface area (Å²) in [6.07, 6.45) is 1.44. The molecule has 20 heavy (non-hydrogen) atoms. The Balaban J connectivity index is 2.27. The van der Waals surface area contributed by atoms with Crippen LogP contribution in [0.2, 0.25) is 5.02 Å². The van der Waals surface area contributed by atoms with Crippen LogP contribution in [-0.4, -0.2) is 13.4 Å². The molecule has 1 aromatic carbocycles. The van der Waals surface area contributed by atoms with Crippen molar-refractivity contribution in [3.05, 3.63) is 51.6 Å². The SMILES string of the molecule is NCc1ccc(S(=O)(=O)Nc2ccc(Cl)c(Br)c2)nc1. The van der Waals surface area contributed by atoms with Crippen molar-refractivity contribution in [2.24, 2.45) is 5.73 Å². The molecule has 2 aromatic rings. The number of rotatable bonds is 4. The summed E-state index contributed by atoms with van der Waals surface area (Å²) in [5.41, 5.74) is 6.60. The molecule has 8 heteroatoms. The Labute approximate surface area is 130 Å². The third-order valence-corrected chi connectivity index (χ3v) is 4.99. The van der Waals surface area contributed by atoms with Crippen molar-refractivity contribution in [3.63, 3.8) is 0 Å². The summed E-state index contributed by atoms with van der Waals surface area (Å²) in [5.74, 6) is 0. The lowest BCUT2D eigenvalue weighted by atomic mass is 10.3. The normalized spacial score (nSPS) is 11.3. The minimum atomic E-state index is -3.73. The van der Waals surface area contributed by atoms with E-state index in [9.17, 15) is 8.42 Å². The van der Waals surface area contributed by atoms with Gasteiger partial charge in [0.2, 0.25) is 0 Å². The maximum absolute atomic E-state index is 12.1. The fourth-order valence-corrected chi connectivity index (χ4v) is 2.93. The van der Waals surface area contributed by atoms with Gasteiger partial charge in [0.1, 0.15) is 0 Å². The molecule has 0 atom stereocenters. The van der Waals surface area contributed by atoms with Crippen LogP contribution in [0.5, 0.6) is 0 Å². The predicted octanol–water partition coefficient (Wildman–Crippen LogP) is 2.76. The van der Waals surface area contributed by atoms with Gasteiger partial charge in [-0.1, -0.05) is 17.7 Å². The van der Waals surface area contributed by atoms with Crippen molar-refractivity contribution in [1.82, 2.24) is 4.98 Å². The molecule has 0 aliphatic carbocycles. The highest BCUT2D eigenvalue weighted by Gasteiger charge is 2.16. The number of benzene rings is 1. The molecule has 106 valence electrons. The third-order valence-electron chi connectivity index (χ3n) is 2.48. The summed E-state index contributed by atoms with van der Waals surface area (Å²) in [7, 11) is -3.73. The minimum Gasteiger partial charge on any atom is -0.326 e. The molecular weight excluding hydrogens is 366 g/mol. The summed E-state index contributed by atoms with van der Waals surface area (Å²) < 4.78 is 27.3. The Bertz CT molecular complexity index is 720. The number of halogens is 2. The molecule has 3 N–H and O–H groups in total. The van der Waals surface area contributed by atoms with E-state index in [2.05, 4.69) is 25.6 Å². The maximum atomic E-state index is 12.1. The molecule has 0 spiro atoms. The number of nitrogens with one attached hydrogen (secondary N) is 1. The Morgan fingerprint density at radius 1 is 1.30 bits per heavy atom. The van der Waals surface area contributed by atoms with Crippen LogP contribution >= 0.6 is 27.5 Å². The molecule has 0 saturated heterocycles. The van der Waals surface area contributed by atoms with Crippen molar-refractivity contribution >= 4 is 43.2 Å². The highest BCUT2D eigenvalue weighted by Crippen LogP contribution is 2.26. The lowest BCUT2D eigenvalue weighted by Crippen LogP contribution is -2.14. The molecule has 0 unspecified atom stereocenters. The fraction of sp³-hybridized carbons (Fsp3) is 0.0833. The van der Waals surface area contributed by atoms with Crippen LogP contribution in [-0.2, 0) is 16.6 Å². The zero-order valence-corrected chi connectivity index (χ0v) is 13.3. The van der Waals surface area contributed by atoms with Crippen molar-refractivity contribution in [2.75, 3.05) is 4.72 Å². The summed E-state index contributed by atoms with van der Waals surface area (Å²) in [6, 6.07) is 7.77. The van der Waals surface area contributed by atoms with E-state index in [4.69, 9.17) is 17.3 Å². The van der Waals surface area contributed by atoms with Gasteiger partial charge in [-0.15, -0.1) is 0 Å². The predicted molar refractivity (Wildman–Crippen MR) is 82.1 cm³/mol. The van der Waals surface area contributed by atoms with Gasteiger partial charge >= 0.3 is 0 Å². The molecule has 2 rings (SSSR count). The topological polar surface area (TPSA) is 85.1 Å². The second-order valence-electron chi connectivity index (χ2n) is 3.94. The van der Waals surface area contributed by atoms with Crippen molar-refractivity contribution in [1.29, 1.82) is 0 Å². The molecule has 0 aliphatic rings. The van der Waals surface area contributed by atoms with Crippen molar-refractivity contribution < 1.29 is 8.42 Å². The van der Waals surface area contributed by atoms with Crippen molar-refractivity contribution in [2.45, 2.75) is 11.6 Å². The van der Waals surface area contributed by atoms with E-state index in [0.29, 0.717) is 21.7 Å². The number of anilines is 1. The number of hydrogen-bond donors (Lipinski definition) is 2. The van der Waals surface area contributed by atoms with E-state index in [-0.39, 0.29) is 5.03 Å². The van der Waals surface area contributed by atoms with E-state index in [1.807, 2.05) is 0 Å². The zero-order chi connectivity index (χ0) is 14.8. The molecule has 5 nitrogen and oxygen atoms in total. The van der Waals surface area contributed by atoms with Gasteiger partial charge in [0.05, 0.1) is 10.7 Å². The Hall–Kier alpha value is -1.15. The number of nitrogens with two attached hydrogens (primary N) is 1. The first kappa shape index (κ1) is 15.2. The van der Waals surface area contributed by atoms with E-state index < -0.39 is 10.0 Å². The zero-order valence-electron chi connectivity index (χ0n) is 10.2. The highest BCUT2D eigenvalue weighted by molar-refractivity contribution is 9.10. The van der Waals surface area contributed by atoms with Crippen LogP contribution in [0, 0.1) is 0 Å². The molecule has 1 heterocycles. The monoisotopic (exact) mass is 375 g/mol. The van der Waals surface area contributed by atoms with Gasteiger partial charge in [0.25, 0.3) is 10.0 Å². The van der Waals surface area contributed by atoms with Gasteiger partial charge in [-0.05, 0) is 45.8 Å². The van der Waals surface area contributed by atoms with Gasteiger partial charge in [-0.25, -0.2) is 4.98 Å². The highest BCUT2D eigenvalue weighted by atomic mass is 79.9. The van der Waals surface area contributed by atoms with E-state index in [1.165, 1.54) is 12.3 Å². The first-order chi connectivity index (χ1) is 9.42. The largest absolute Gasteiger partial charge is 0.326 e. The fourth-order valence-electron chi connectivity index (χ4n) is 1.46. The molecule has 0 fully saturated rings. The number of hydrogen-bond acceptors (Lipinski definition) is 4. The maximum Gasteiger partial charge on any atom is 0.279 e. The Morgan fingerprint density at radius 2 is 2.05 bits per heavy atom. The van der Waals surface area contributed by atoms with E-state index in [1.54, 1.807) is 24.3 Å². The number of aromatic nitrogens is 1. The average molecular weight is 377 g/mol. The molecular formula is C12H11BrClN3O2S. The summed E-state index contributed by atoms with van der Waals surface area (Å²) >= 11 is 9.09. The Morgan fingerprint density at radius 3 is 2.60 bits per heavy atom. The molecule has 0 amide bonds. The minimum absolute atomic E-state index is 0.0687. The lowest BCUT2D eigenvalue weighted by molar-refractivity contribution is 0.597. The van der Waals surface area contributed by atoms with Gasteiger partial charge in [-0.3, -0.25) is 4.72 Å². The summed E-state index contributed by atoms with van der Waals surface area (Å²) in [6.45, 7) is 0.310. The molecule has 1 aromatic heterocycles. The first-order valence-corrected chi connectivity index (χ1v) is 8.20. The van der Waals surface area contributed by atoms with E-state index in [0.717, 1.165) is 5.56 Å². The van der Waals surface area contributed by atoms with Crippen LogP contribution in [0.4, 0.5) is 5.69 Å². The third kappa shape index (κ3) is 3.49. The smallest absolute Gasteiger partial charge is 0.279 e. The first-order valence-electron chi connectivity index (χ1n) is 5.55. The summed E-state index contributed by atoms with van der Waals surface area (Å²) in [5, 5.41) is 0.430. The van der Waals surface area contributed by atoms with Gasteiger partial charge in [0, 0.05) is 17.2 Å². The average Bonchev–Trinajstić information content (AvgIpc) is 2.43. The van der Waals surface area contributed by atoms with Crippen LogP contribution < -0.4 is 10.5 Å². The molecule has 0 radical (unpaired) electrons. The van der Waals surface area contributed by atoms with Crippen LogP contribution in [0.3, 0.4) is 0 Å². The van der Waals surface area contributed by atoms with Gasteiger partial charge in [0.15, 0.2) is 5.03 Å². The van der Waals surface area contributed by atoms with Gasteiger partial charge in [-0.2, -0.15) is 8.42 Å². The molecule has 0 bridgehead atoms. The Kier molecular flexibility index (Phi) is 4.64. The quantitative estimate of drug-likeness (QED) is 0.859. The van der Waals surface area contributed by atoms with Crippen LogP contribution in [0.25, 0.3) is 0 Å². The van der Waals surface area contributed by atoms with E-state index >= 15 is 0 Å². The molecule has 0 aliphatic heterocycles. The second-order valence-corrected chi connectivity index (χ2v) is 6.83. The second kappa shape index (κ2) is 6.09. The number of nitrogens with zero attached hydrogens (tertiary/aromatic N) is 1. The number of pyridine rings is 1. The lowest BCUT2D eigenvalue weighted by Gasteiger charge is -2.08. The molecule has 0 saturated carbocycles. The standard InChI is InChI=1S/C12H11BrClN3O2S/c13-10-5-9(2-3-11(10)14)17-20(18,19)12-4-1-8(6-15)7-16-12/h1-5,7,17H,6,15H2.